The number of benzene rings is 3. The van der Waals surface area contributed by atoms with Crippen LogP contribution in [0.15, 0.2) is 66.8 Å². The first-order valence-corrected chi connectivity index (χ1v) is 12.8. The van der Waals surface area contributed by atoms with Crippen molar-refractivity contribution in [2.75, 3.05) is 0 Å². The molecule has 4 rings (SSSR count). The second-order valence-electron chi connectivity index (χ2n) is 9.51. The molecular weight excluding hydrogens is 460 g/mol. The molecule has 3 aromatic carbocycles. The molecule has 0 heterocycles. The molecule has 0 saturated carbocycles. The van der Waals surface area contributed by atoms with E-state index in [1.54, 1.807) is 48.5 Å². The third-order valence-electron chi connectivity index (χ3n) is 7.06. The Bertz CT molecular complexity index is 1270. The van der Waals surface area contributed by atoms with Gasteiger partial charge >= 0.3 is 0 Å². The third-order valence-corrected chi connectivity index (χ3v) is 7.06. The molecule has 0 fully saturated rings. The lowest BCUT2D eigenvalue weighted by molar-refractivity contribution is 0.498. The summed E-state index contributed by atoms with van der Waals surface area (Å²) < 4.78 is 59.5. The fraction of sp³-hybridized carbons (Fsp3) is 0.312. The topological polar surface area (TPSA) is 0 Å². The molecule has 1 unspecified atom stereocenters. The molecule has 36 heavy (non-hydrogen) atoms. The maximum absolute atomic E-state index is 15.1. The number of rotatable bonds is 8. The van der Waals surface area contributed by atoms with Crippen molar-refractivity contribution in [3.05, 3.63) is 101 Å². The normalized spacial score (nSPS) is 15.9. The predicted octanol–water partition coefficient (Wildman–Crippen LogP) is 10.1. The molecule has 0 bridgehead atoms. The van der Waals surface area contributed by atoms with Crippen LogP contribution in [0.2, 0.25) is 0 Å². The minimum atomic E-state index is -0.898. The monoisotopic (exact) mass is 492 g/mol. The molecule has 1 aliphatic carbocycles. The van der Waals surface area contributed by atoms with E-state index in [-0.39, 0.29) is 11.1 Å². The molecule has 0 aromatic heterocycles. The summed E-state index contributed by atoms with van der Waals surface area (Å²) in [5, 5.41) is 0. The first-order valence-electron chi connectivity index (χ1n) is 12.8. The number of allylic oxidation sites excluding steroid dienone is 4. The fourth-order valence-corrected chi connectivity index (χ4v) is 4.97. The minimum absolute atomic E-state index is 0.143. The average molecular weight is 493 g/mol. The van der Waals surface area contributed by atoms with Crippen LogP contribution in [0.1, 0.15) is 63.5 Å². The van der Waals surface area contributed by atoms with Gasteiger partial charge in [-0.15, -0.1) is 0 Å². The maximum Gasteiger partial charge on any atom is 0.167 e. The van der Waals surface area contributed by atoms with Crippen molar-refractivity contribution in [3.8, 4) is 22.3 Å². The average Bonchev–Trinajstić information content (AvgIpc) is 2.89. The molecule has 0 N–H and O–H groups in total. The highest BCUT2D eigenvalue weighted by atomic mass is 19.2. The van der Waals surface area contributed by atoms with Crippen LogP contribution in [0.3, 0.4) is 0 Å². The van der Waals surface area contributed by atoms with Gasteiger partial charge in [-0.2, -0.15) is 0 Å². The molecule has 0 spiro atoms. The van der Waals surface area contributed by atoms with Crippen LogP contribution in [0, 0.1) is 29.2 Å². The Balaban J connectivity index is 1.56. The van der Waals surface area contributed by atoms with E-state index in [4.69, 9.17) is 0 Å². The van der Waals surface area contributed by atoms with Crippen LogP contribution in [0.4, 0.5) is 17.6 Å². The molecule has 3 aromatic rings. The highest BCUT2D eigenvalue weighted by Gasteiger charge is 2.21. The Hall–Kier alpha value is -3.14. The van der Waals surface area contributed by atoms with Gasteiger partial charge in [0, 0.05) is 16.7 Å². The standard InChI is InChI=1S/C32H32F4/c1-3-5-6-8-25-17-18-26(30(34)29(25)33)23-13-15-24(16-14-23)28-20-19-27(31(35)32(28)36)22-11-9-21(7-4-2)10-12-22/h4,7,11,13-21H,3,5-6,8-10,12H2,1-2H3/b7-4+. The zero-order chi connectivity index (χ0) is 25.7. The first kappa shape index (κ1) is 25.9. The Morgan fingerprint density at radius 2 is 1.33 bits per heavy atom. The van der Waals surface area contributed by atoms with Gasteiger partial charge in [0.2, 0.25) is 0 Å². The summed E-state index contributed by atoms with van der Waals surface area (Å²) in [7, 11) is 0. The van der Waals surface area contributed by atoms with Crippen molar-refractivity contribution >= 4 is 5.57 Å². The Morgan fingerprint density at radius 3 is 1.92 bits per heavy atom. The van der Waals surface area contributed by atoms with E-state index < -0.39 is 23.3 Å². The van der Waals surface area contributed by atoms with Crippen molar-refractivity contribution < 1.29 is 17.6 Å². The summed E-state index contributed by atoms with van der Waals surface area (Å²) in [5.74, 6) is -2.99. The Labute approximate surface area is 211 Å². The molecule has 0 nitrogen and oxygen atoms in total. The van der Waals surface area contributed by atoms with Gasteiger partial charge in [0.05, 0.1) is 0 Å². The molecule has 1 atom stereocenters. The van der Waals surface area contributed by atoms with E-state index in [9.17, 15) is 8.78 Å². The molecule has 4 heteroatoms. The number of aryl methyl sites for hydroxylation is 1. The van der Waals surface area contributed by atoms with Gasteiger partial charge in [-0.1, -0.05) is 86.5 Å². The second-order valence-corrected chi connectivity index (χ2v) is 9.51. The third kappa shape index (κ3) is 5.48. The number of hydrogen-bond acceptors (Lipinski definition) is 0. The number of hydrogen-bond donors (Lipinski definition) is 0. The summed E-state index contributed by atoms with van der Waals surface area (Å²) in [6, 6.07) is 12.9. The van der Waals surface area contributed by atoms with Gasteiger partial charge < -0.3 is 0 Å². The highest BCUT2D eigenvalue weighted by Crippen LogP contribution is 2.36. The van der Waals surface area contributed by atoms with Crippen LogP contribution >= 0.6 is 0 Å². The lowest BCUT2D eigenvalue weighted by atomic mass is 9.85. The molecule has 188 valence electrons. The van der Waals surface area contributed by atoms with E-state index in [2.05, 4.69) is 13.0 Å². The predicted molar refractivity (Wildman–Crippen MR) is 141 cm³/mol. The van der Waals surface area contributed by atoms with E-state index in [1.165, 1.54) is 0 Å². The minimum Gasteiger partial charge on any atom is -0.203 e. The van der Waals surface area contributed by atoms with Gasteiger partial charge in [0.1, 0.15) is 0 Å². The fourth-order valence-electron chi connectivity index (χ4n) is 4.97. The Morgan fingerprint density at radius 1 is 0.750 bits per heavy atom. The van der Waals surface area contributed by atoms with Crippen LogP contribution in [0.5, 0.6) is 0 Å². The van der Waals surface area contributed by atoms with Crippen molar-refractivity contribution in [2.45, 2.75) is 58.8 Å². The van der Waals surface area contributed by atoms with E-state index in [0.29, 0.717) is 41.0 Å². The summed E-state index contributed by atoms with van der Waals surface area (Å²) in [6.45, 7) is 4.05. The van der Waals surface area contributed by atoms with E-state index in [1.807, 2.05) is 19.1 Å². The zero-order valence-electron chi connectivity index (χ0n) is 20.9. The number of unbranched alkanes of at least 4 members (excludes halogenated alkanes) is 2. The van der Waals surface area contributed by atoms with Gasteiger partial charge in [0.25, 0.3) is 0 Å². The lowest BCUT2D eigenvalue weighted by Gasteiger charge is -2.20. The van der Waals surface area contributed by atoms with Gasteiger partial charge in [0.15, 0.2) is 23.3 Å². The molecule has 0 amide bonds. The quantitative estimate of drug-likeness (QED) is 0.167. The number of halogens is 4. The van der Waals surface area contributed by atoms with Crippen LogP contribution < -0.4 is 0 Å². The van der Waals surface area contributed by atoms with Crippen LogP contribution in [-0.4, -0.2) is 0 Å². The molecular formula is C32H32F4. The molecule has 1 aliphatic rings. The SMILES string of the molecule is C/C=C/C1CC=C(c2ccc(-c3ccc(-c4ccc(CCCCC)c(F)c4F)cc3)c(F)c2F)CC1. The largest absolute Gasteiger partial charge is 0.203 e. The van der Waals surface area contributed by atoms with Gasteiger partial charge in [-0.05, 0) is 67.2 Å². The lowest BCUT2D eigenvalue weighted by Crippen LogP contribution is -2.05. The molecule has 0 aliphatic heterocycles. The van der Waals surface area contributed by atoms with Gasteiger partial charge in [-0.25, -0.2) is 17.6 Å². The van der Waals surface area contributed by atoms with Crippen molar-refractivity contribution in [3.63, 3.8) is 0 Å². The van der Waals surface area contributed by atoms with Crippen LogP contribution in [0.25, 0.3) is 27.8 Å². The van der Waals surface area contributed by atoms with Crippen molar-refractivity contribution in [1.29, 1.82) is 0 Å². The van der Waals surface area contributed by atoms with Crippen LogP contribution in [-0.2, 0) is 6.42 Å². The summed E-state index contributed by atoms with van der Waals surface area (Å²) in [6.07, 6.45) is 11.9. The first-order chi connectivity index (χ1) is 17.4. The maximum atomic E-state index is 15.1. The highest BCUT2D eigenvalue weighted by molar-refractivity contribution is 5.74. The second kappa shape index (κ2) is 11.7. The van der Waals surface area contributed by atoms with Gasteiger partial charge in [-0.3, -0.25) is 0 Å². The smallest absolute Gasteiger partial charge is 0.167 e. The summed E-state index contributed by atoms with van der Waals surface area (Å²) >= 11 is 0. The summed E-state index contributed by atoms with van der Waals surface area (Å²) in [5.41, 5.74) is 2.78. The molecule has 0 saturated heterocycles. The molecule has 0 radical (unpaired) electrons. The zero-order valence-corrected chi connectivity index (χ0v) is 20.9. The van der Waals surface area contributed by atoms with E-state index >= 15 is 8.78 Å². The summed E-state index contributed by atoms with van der Waals surface area (Å²) in [4.78, 5) is 0. The van der Waals surface area contributed by atoms with Crippen molar-refractivity contribution in [2.24, 2.45) is 5.92 Å². The van der Waals surface area contributed by atoms with E-state index in [0.717, 1.165) is 37.7 Å². The Kier molecular flexibility index (Phi) is 8.45. The van der Waals surface area contributed by atoms with Crippen molar-refractivity contribution in [1.82, 2.24) is 0 Å².